The predicted octanol–water partition coefficient (Wildman–Crippen LogP) is 2.75. The Balaban J connectivity index is 2.13. The molecule has 24 heavy (non-hydrogen) atoms. The number of aryl methyl sites for hydroxylation is 1. The van der Waals surface area contributed by atoms with E-state index in [0.29, 0.717) is 6.61 Å². The van der Waals surface area contributed by atoms with Gasteiger partial charge in [-0.25, -0.2) is 8.42 Å². The summed E-state index contributed by atoms with van der Waals surface area (Å²) in [6, 6.07) is 6.13. The van der Waals surface area contributed by atoms with Crippen LogP contribution in [0.5, 0.6) is 0 Å². The minimum absolute atomic E-state index is 0.0667. The van der Waals surface area contributed by atoms with Crippen molar-refractivity contribution >= 4 is 18.3 Å². The fourth-order valence-electron chi connectivity index (χ4n) is 2.39. The molecule has 1 saturated heterocycles. The lowest BCUT2D eigenvalue weighted by molar-refractivity contribution is 0.267. The van der Waals surface area contributed by atoms with E-state index in [0.717, 1.165) is 5.56 Å². The standard InChI is InChI=1S/C17H29NO4SSi/c1-13-7-9-14(10-8-13)23(20,21)18-15(11-19)16(18)12-22-24(5,6)17(2,3)4/h7-10,15-16,19H,11-12H2,1-6H3/t15-,16+,18?/m0/s1. The number of hydrogen-bond acceptors (Lipinski definition) is 4. The summed E-state index contributed by atoms with van der Waals surface area (Å²) in [5.41, 5.74) is 1.01. The summed E-state index contributed by atoms with van der Waals surface area (Å²) >= 11 is 0. The van der Waals surface area contributed by atoms with Crippen molar-refractivity contribution in [2.24, 2.45) is 0 Å². The van der Waals surface area contributed by atoms with E-state index in [9.17, 15) is 13.5 Å². The molecule has 1 aliphatic rings. The van der Waals surface area contributed by atoms with Crippen molar-refractivity contribution in [3.63, 3.8) is 0 Å². The maximum Gasteiger partial charge on any atom is 0.243 e. The van der Waals surface area contributed by atoms with Crippen LogP contribution in [0.25, 0.3) is 0 Å². The molecular weight excluding hydrogens is 342 g/mol. The molecule has 1 unspecified atom stereocenters. The molecule has 0 saturated carbocycles. The molecule has 1 fully saturated rings. The van der Waals surface area contributed by atoms with E-state index >= 15 is 0 Å². The Morgan fingerprint density at radius 3 is 2.17 bits per heavy atom. The highest BCUT2D eigenvalue weighted by Gasteiger charge is 2.56. The van der Waals surface area contributed by atoms with E-state index in [4.69, 9.17) is 4.43 Å². The molecule has 1 aromatic carbocycles. The maximum atomic E-state index is 12.8. The zero-order chi connectivity index (χ0) is 18.3. The summed E-state index contributed by atoms with van der Waals surface area (Å²) in [5, 5.41) is 9.61. The second-order valence-corrected chi connectivity index (χ2v) is 14.7. The van der Waals surface area contributed by atoms with Crippen LogP contribution in [0, 0.1) is 6.92 Å². The van der Waals surface area contributed by atoms with Gasteiger partial charge in [0.2, 0.25) is 10.0 Å². The van der Waals surface area contributed by atoms with Crippen molar-refractivity contribution in [1.29, 1.82) is 0 Å². The Labute approximate surface area is 146 Å². The first-order chi connectivity index (χ1) is 10.9. The number of sulfonamides is 1. The molecule has 0 amide bonds. The van der Waals surface area contributed by atoms with Crippen molar-refractivity contribution in [2.75, 3.05) is 13.2 Å². The molecule has 2 rings (SSSR count). The van der Waals surface area contributed by atoms with Gasteiger partial charge in [-0.15, -0.1) is 0 Å². The molecular formula is C17H29NO4SSi. The van der Waals surface area contributed by atoms with Crippen LogP contribution in [0.2, 0.25) is 18.1 Å². The van der Waals surface area contributed by atoms with Crippen LogP contribution < -0.4 is 0 Å². The molecule has 1 aliphatic heterocycles. The monoisotopic (exact) mass is 371 g/mol. The zero-order valence-electron chi connectivity index (χ0n) is 15.4. The first kappa shape index (κ1) is 19.6. The van der Waals surface area contributed by atoms with Crippen molar-refractivity contribution < 1.29 is 18.0 Å². The van der Waals surface area contributed by atoms with Gasteiger partial charge in [-0.3, -0.25) is 0 Å². The fourth-order valence-corrected chi connectivity index (χ4v) is 5.21. The van der Waals surface area contributed by atoms with Gasteiger partial charge in [-0.1, -0.05) is 38.5 Å². The third-order valence-electron chi connectivity index (χ3n) is 5.21. The van der Waals surface area contributed by atoms with Gasteiger partial charge in [0.25, 0.3) is 0 Å². The average Bonchev–Trinajstić information content (AvgIpc) is 3.18. The van der Waals surface area contributed by atoms with E-state index < -0.39 is 18.3 Å². The first-order valence-electron chi connectivity index (χ1n) is 8.27. The lowest BCUT2D eigenvalue weighted by atomic mass is 10.2. The van der Waals surface area contributed by atoms with Crippen LogP contribution >= 0.6 is 0 Å². The highest BCUT2D eigenvalue weighted by molar-refractivity contribution is 7.89. The second-order valence-electron chi connectivity index (χ2n) is 8.04. The summed E-state index contributed by atoms with van der Waals surface area (Å²) in [5.74, 6) is 0. The maximum absolute atomic E-state index is 12.8. The van der Waals surface area contributed by atoms with E-state index in [2.05, 4.69) is 33.9 Å². The predicted molar refractivity (Wildman–Crippen MR) is 98.0 cm³/mol. The molecule has 0 radical (unpaired) electrons. The molecule has 1 aromatic rings. The van der Waals surface area contributed by atoms with Crippen LogP contribution in [0.4, 0.5) is 0 Å². The molecule has 3 atom stereocenters. The van der Waals surface area contributed by atoms with Crippen LogP contribution in [0.1, 0.15) is 26.3 Å². The van der Waals surface area contributed by atoms with Gasteiger partial charge in [-0.2, -0.15) is 4.31 Å². The van der Waals surface area contributed by atoms with Crippen LogP contribution in [0.15, 0.2) is 29.2 Å². The van der Waals surface area contributed by atoms with Gasteiger partial charge in [-0.05, 0) is 37.2 Å². The van der Waals surface area contributed by atoms with Crippen molar-refractivity contribution in [2.45, 2.75) is 62.8 Å². The molecule has 1 N–H and O–H groups in total. The van der Waals surface area contributed by atoms with Crippen molar-refractivity contribution in [1.82, 2.24) is 4.31 Å². The smallest absolute Gasteiger partial charge is 0.243 e. The minimum Gasteiger partial charge on any atom is -0.415 e. The highest BCUT2D eigenvalue weighted by atomic mass is 32.2. The Bertz CT molecular complexity index is 680. The Hall–Kier alpha value is -0.733. The largest absolute Gasteiger partial charge is 0.415 e. The lowest BCUT2D eigenvalue weighted by Crippen LogP contribution is -2.42. The molecule has 5 nitrogen and oxygen atoms in total. The number of nitrogens with zero attached hydrogens (tertiary/aromatic N) is 1. The number of rotatable bonds is 6. The van der Waals surface area contributed by atoms with E-state index in [1.165, 1.54) is 4.31 Å². The number of benzene rings is 1. The topological polar surface area (TPSA) is 66.6 Å². The van der Waals surface area contributed by atoms with Crippen LogP contribution in [0.3, 0.4) is 0 Å². The fraction of sp³-hybridized carbons (Fsp3) is 0.647. The third kappa shape index (κ3) is 3.75. The molecule has 1 heterocycles. The SMILES string of the molecule is Cc1ccc(S(=O)(=O)N2[C@H](CO[Si](C)(C)C(C)(C)C)[C@@H]2CO)cc1. The van der Waals surface area contributed by atoms with Crippen LogP contribution in [-0.4, -0.2) is 51.4 Å². The zero-order valence-corrected chi connectivity index (χ0v) is 17.2. The first-order valence-corrected chi connectivity index (χ1v) is 12.6. The minimum atomic E-state index is -3.59. The Kier molecular flexibility index (Phi) is 5.33. The summed E-state index contributed by atoms with van der Waals surface area (Å²) in [4.78, 5) is 0.265. The molecule has 0 spiro atoms. The van der Waals surface area contributed by atoms with Crippen molar-refractivity contribution in [3.05, 3.63) is 29.8 Å². The number of aliphatic hydroxyl groups is 1. The molecule has 7 heteroatoms. The van der Waals surface area contributed by atoms with Gasteiger partial charge in [0, 0.05) is 0 Å². The van der Waals surface area contributed by atoms with Gasteiger partial charge in [0.15, 0.2) is 8.32 Å². The second kappa shape index (κ2) is 6.53. The van der Waals surface area contributed by atoms with E-state index in [1.807, 2.05) is 6.92 Å². The van der Waals surface area contributed by atoms with E-state index in [-0.39, 0.29) is 28.6 Å². The van der Waals surface area contributed by atoms with Crippen LogP contribution in [-0.2, 0) is 14.4 Å². The highest BCUT2D eigenvalue weighted by Crippen LogP contribution is 2.40. The third-order valence-corrected chi connectivity index (χ3v) is 11.7. The summed E-state index contributed by atoms with van der Waals surface area (Å²) in [6.45, 7) is 12.8. The Morgan fingerprint density at radius 1 is 1.17 bits per heavy atom. The molecule has 0 aliphatic carbocycles. The Morgan fingerprint density at radius 2 is 1.71 bits per heavy atom. The van der Waals surface area contributed by atoms with Gasteiger partial charge < -0.3 is 9.53 Å². The number of aliphatic hydroxyl groups excluding tert-OH is 1. The van der Waals surface area contributed by atoms with Gasteiger partial charge in [0.05, 0.1) is 30.2 Å². The summed E-state index contributed by atoms with van der Waals surface area (Å²) < 4.78 is 33.1. The average molecular weight is 372 g/mol. The quantitative estimate of drug-likeness (QED) is 0.617. The number of hydrogen-bond donors (Lipinski definition) is 1. The van der Waals surface area contributed by atoms with E-state index in [1.54, 1.807) is 24.3 Å². The molecule has 0 bridgehead atoms. The normalized spacial score (nSPS) is 24.9. The molecule has 136 valence electrons. The summed E-state index contributed by atoms with van der Waals surface area (Å²) in [6.07, 6.45) is 0. The van der Waals surface area contributed by atoms with Gasteiger partial charge >= 0.3 is 0 Å². The van der Waals surface area contributed by atoms with Gasteiger partial charge in [0.1, 0.15) is 0 Å². The summed E-state index contributed by atoms with van der Waals surface area (Å²) in [7, 11) is -5.54. The lowest BCUT2D eigenvalue weighted by Gasteiger charge is -2.36. The molecule has 0 aromatic heterocycles. The van der Waals surface area contributed by atoms with Crippen molar-refractivity contribution in [3.8, 4) is 0 Å².